The van der Waals surface area contributed by atoms with Crippen LogP contribution in [0.3, 0.4) is 0 Å². The molecule has 0 rings (SSSR count). The highest BCUT2D eigenvalue weighted by Gasteiger charge is 2.20. The van der Waals surface area contributed by atoms with Crippen LogP contribution in [0.5, 0.6) is 0 Å². The topological polar surface area (TPSA) is 95.9 Å². The maximum Gasteiger partial charge on any atom is 0.305 e. The van der Waals surface area contributed by atoms with Crippen LogP contribution in [0, 0.1) is 0 Å². The average Bonchev–Trinajstić information content (AvgIpc) is 3.39. The van der Waals surface area contributed by atoms with Crippen molar-refractivity contribution in [3.8, 4) is 0 Å². The number of hydrogen-bond acceptors (Lipinski definition) is 5. The second-order valence-corrected chi connectivity index (χ2v) is 22.8. The number of unbranched alkanes of at least 4 members (excludes halogenated alkanes) is 47. The van der Waals surface area contributed by atoms with E-state index in [4.69, 9.17) is 4.74 Å². The zero-order valence-electron chi connectivity index (χ0n) is 49.4. The summed E-state index contributed by atoms with van der Waals surface area (Å²) in [5.41, 5.74) is 0. The van der Waals surface area contributed by atoms with Gasteiger partial charge in [0, 0.05) is 12.8 Å². The van der Waals surface area contributed by atoms with Gasteiger partial charge in [0.05, 0.1) is 25.4 Å². The molecule has 6 nitrogen and oxygen atoms in total. The molecule has 0 aliphatic heterocycles. The Morgan fingerprint density at radius 1 is 0.384 bits per heavy atom. The number of hydrogen-bond donors (Lipinski definition) is 3. The summed E-state index contributed by atoms with van der Waals surface area (Å²) in [5.74, 6) is -0.0451. The van der Waals surface area contributed by atoms with Crippen molar-refractivity contribution in [1.82, 2.24) is 5.32 Å². The number of aliphatic hydroxyl groups is 2. The molecule has 2 atom stereocenters. The van der Waals surface area contributed by atoms with Crippen LogP contribution in [0.25, 0.3) is 0 Å². The molecule has 3 N–H and O–H groups in total. The maximum absolute atomic E-state index is 12.5. The molecular weight excluding hydrogens is 899 g/mol. The largest absolute Gasteiger partial charge is 0.466 e. The molecule has 0 saturated heterocycles. The van der Waals surface area contributed by atoms with Gasteiger partial charge in [-0.05, 0) is 57.8 Å². The van der Waals surface area contributed by atoms with Crippen LogP contribution in [0.2, 0.25) is 0 Å². The van der Waals surface area contributed by atoms with Gasteiger partial charge in [-0.15, -0.1) is 0 Å². The van der Waals surface area contributed by atoms with E-state index < -0.39 is 12.1 Å². The molecular formula is C67H129NO5. The standard InChI is InChI=1S/C67H129NO5/c1-3-5-7-9-11-13-15-17-19-21-23-24-25-26-27-28-31-35-39-43-47-51-55-59-65(70)64(63-69)68-66(71)60-56-52-48-44-40-36-32-30-34-38-42-46-50-54-58-62-73-67(72)61-57-53-49-45-41-37-33-29-22-20-18-16-14-12-10-8-6-4-2/h14,16,20,22,64-65,69-70H,3-13,15,17-19,21,23-63H2,1-2H3,(H,68,71)/b16-14-,22-20-. The number of aliphatic hydroxyl groups excluding tert-OH is 2. The number of allylic oxidation sites excluding steroid dienone is 4. The summed E-state index contributed by atoms with van der Waals surface area (Å²) in [7, 11) is 0. The minimum Gasteiger partial charge on any atom is -0.466 e. The number of amides is 1. The van der Waals surface area contributed by atoms with Gasteiger partial charge in [0.2, 0.25) is 5.91 Å². The predicted molar refractivity (Wildman–Crippen MR) is 320 cm³/mol. The molecule has 0 spiro atoms. The molecule has 0 radical (unpaired) electrons. The first kappa shape index (κ1) is 71.3. The Morgan fingerprint density at radius 2 is 0.685 bits per heavy atom. The van der Waals surface area contributed by atoms with Crippen molar-refractivity contribution < 1.29 is 24.5 Å². The monoisotopic (exact) mass is 1030 g/mol. The van der Waals surface area contributed by atoms with Gasteiger partial charge in [0.25, 0.3) is 0 Å². The van der Waals surface area contributed by atoms with Gasteiger partial charge in [-0.2, -0.15) is 0 Å². The number of rotatable bonds is 62. The zero-order chi connectivity index (χ0) is 52.9. The summed E-state index contributed by atoms with van der Waals surface area (Å²) in [6.45, 7) is 4.95. The minimum absolute atomic E-state index is 0.00545. The molecule has 0 aliphatic rings. The summed E-state index contributed by atoms with van der Waals surface area (Å²) in [6.07, 6.45) is 77.6. The molecule has 2 unspecified atom stereocenters. The molecule has 0 bridgehead atoms. The molecule has 432 valence electrons. The fourth-order valence-corrected chi connectivity index (χ4v) is 10.4. The average molecular weight is 1030 g/mol. The van der Waals surface area contributed by atoms with Gasteiger partial charge < -0.3 is 20.3 Å². The van der Waals surface area contributed by atoms with Crippen LogP contribution in [-0.4, -0.2) is 47.4 Å². The molecule has 0 aromatic heterocycles. The van der Waals surface area contributed by atoms with E-state index in [0.29, 0.717) is 25.9 Å². The lowest BCUT2D eigenvalue weighted by Crippen LogP contribution is -2.45. The molecule has 6 heteroatoms. The normalized spacial score (nSPS) is 12.7. The second-order valence-electron chi connectivity index (χ2n) is 22.8. The van der Waals surface area contributed by atoms with Gasteiger partial charge in [0.1, 0.15) is 0 Å². The molecule has 1 amide bonds. The molecule has 0 fully saturated rings. The van der Waals surface area contributed by atoms with Gasteiger partial charge in [0.15, 0.2) is 0 Å². The Hall–Kier alpha value is -1.66. The quantitative estimate of drug-likeness (QED) is 0.0320. The van der Waals surface area contributed by atoms with Crippen molar-refractivity contribution in [3.63, 3.8) is 0 Å². The lowest BCUT2D eigenvalue weighted by atomic mass is 10.0. The third kappa shape index (κ3) is 59.4. The third-order valence-electron chi connectivity index (χ3n) is 15.5. The lowest BCUT2D eigenvalue weighted by Gasteiger charge is -2.22. The van der Waals surface area contributed by atoms with Crippen LogP contribution < -0.4 is 5.32 Å². The Labute approximate surface area is 456 Å². The molecule has 0 aromatic carbocycles. The van der Waals surface area contributed by atoms with Crippen LogP contribution in [-0.2, 0) is 14.3 Å². The Kier molecular flexibility index (Phi) is 61.4. The van der Waals surface area contributed by atoms with Crippen LogP contribution in [0.1, 0.15) is 367 Å². The van der Waals surface area contributed by atoms with E-state index in [1.165, 1.54) is 276 Å². The number of ether oxygens (including phenoxy) is 1. The minimum atomic E-state index is -0.672. The number of esters is 1. The van der Waals surface area contributed by atoms with Crippen molar-refractivity contribution in [2.75, 3.05) is 13.2 Å². The van der Waals surface area contributed by atoms with E-state index in [1.54, 1.807) is 0 Å². The molecule has 0 heterocycles. The highest BCUT2D eigenvalue weighted by atomic mass is 16.5. The molecule has 0 aliphatic carbocycles. The molecule has 0 aromatic rings. The summed E-state index contributed by atoms with van der Waals surface area (Å²) < 4.78 is 5.49. The van der Waals surface area contributed by atoms with Crippen molar-refractivity contribution in [1.29, 1.82) is 0 Å². The summed E-state index contributed by atoms with van der Waals surface area (Å²) in [4.78, 5) is 24.6. The van der Waals surface area contributed by atoms with Crippen molar-refractivity contribution in [2.24, 2.45) is 0 Å². The second kappa shape index (κ2) is 62.9. The number of carbonyl (C=O) groups excluding carboxylic acids is 2. The smallest absolute Gasteiger partial charge is 0.305 e. The van der Waals surface area contributed by atoms with Gasteiger partial charge in [-0.3, -0.25) is 9.59 Å². The van der Waals surface area contributed by atoms with E-state index in [1.807, 2.05) is 0 Å². The van der Waals surface area contributed by atoms with Crippen LogP contribution >= 0.6 is 0 Å². The Morgan fingerprint density at radius 3 is 1.05 bits per heavy atom. The first-order valence-electron chi connectivity index (χ1n) is 33.1. The third-order valence-corrected chi connectivity index (χ3v) is 15.5. The lowest BCUT2D eigenvalue weighted by molar-refractivity contribution is -0.143. The number of carbonyl (C=O) groups is 2. The van der Waals surface area contributed by atoms with E-state index in [9.17, 15) is 19.8 Å². The Balaban J connectivity index is 3.42. The summed E-state index contributed by atoms with van der Waals surface area (Å²) in [5, 5.41) is 23.4. The van der Waals surface area contributed by atoms with Gasteiger partial charge in [-0.25, -0.2) is 0 Å². The Bertz CT molecular complexity index is 1140. The summed E-state index contributed by atoms with van der Waals surface area (Å²) in [6, 6.07) is -0.550. The fourth-order valence-electron chi connectivity index (χ4n) is 10.4. The van der Waals surface area contributed by atoms with E-state index in [2.05, 4.69) is 43.5 Å². The number of nitrogens with one attached hydrogen (secondary N) is 1. The predicted octanol–water partition coefficient (Wildman–Crippen LogP) is 21.0. The van der Waals surface area contributed by atoms with Gasteiger partial charge in [-0.1, -0.05) is 321 Å². The first-order chi connectivity index (χ1) is 36.0. The van der Waals surface area contributed by atoms with Crippen molar-refractivity contribution >= 4 is 11.9 Å². The molecule has 73 heavy (non-hydrogen) atoms. The van der Waals surface area contributed by atoms with Crippen molar-refractivity contribution in [3.05, 3.63) is 24.3 Å². The first-order valence-corrected chi connectivity index (χ1v) is 33.1. The van der Waals surface area contributed by atoms with E-state index >= 15 is 0 Å². The highest BCUT2D eigenvalue weighted by molar-refractivity contribution is 5.76. The van der Waals surface area contributed by atoms with Gasteiger partial charge >= 0.3 is 5.97 Å². The van der Waals surface area contributed by atoms with E-state index in [-0.39, 0.29) is 18.5 Å². The van der Waals surface area contributed by atoms with Crippen LogP contribution in [0.4, 0.5) is 0 Å². The SMILES string of the molecule is CCCCCC/C=C\C/C=C\CCCCCCCCCC(=O)OCCCCCCCCCCCCCCCCCC(=O)NC(CO)C(O)CCCCCCCCCCCCCCCCCCCCCCCCC. The highest BCUT2D eigenvalue weighted by Crippen LogP contribution is 2.18. The maximum atomic E-state index is 12.5. The van der Waals surface area contributed by atoms with E-state index in [0.717, 1.165) is 57.8 Å². The fraction of sp³-hybridized carbons (Fsp3) is 0.910. The molecule has 0 saturated carbocycles. The van der Waals surface area contributed by atoms with Crippen molar-refractivity contribution in [2.45, 2.75) is 379 Å². The summed E-state index contributed by atoms with van der Waals surface area (Å²) >= 11 is 0. The van der Waals surface area contributed by atoms with Crippen LogP contribution in [0.15, 0.2) is 24.3 Å². The zero-order valence-corrected chi connectivity index (χ0v) is 49.4.